The molecule has 5 heterocycles. The minimum absolute atomic E-state index is 0.0444. The van der Waals surface area contributed by atoms with Gasteiger partial charge in [-0.05, 0) is 50.3 Å². The highest BCUT2D eigenvalue weighted by Gasteiger charge is 2.32. The second-order valence-corrected chi connectivity index (χ2v) is 11.1. The van der Waals surface area contributed by atoms with Gasteiger partial charge in [0, 0.05) is 44.9 Å². The van der Waals surface area contributed by atoms with Crippen LogP contribution >= 0.6 is 0 Å². The van der Waals surface area contributed by atoms with Gasteiger partial charge in [-0.1, -0.05) is 18.2 Å². The zero-order valence-electron chi connectivity index (χ0n) is 23.3. The normalized spacial score (nSPS) is 15.2. The summed E-state index contributed by atoms with van der Waals surface area (Å²) in [7, 11) is 1.74. The van der Waals surface area contributed by atoms with Crippen molar-refractivity contribution in [2.75, 3.05) is 23.4 Å². The molecule has 0 N–H and O–H groups in total. The van der Waals surface area contributed by atoms with Gasteiger partial charge in [0.05, 0.1) is 18.9 Å². The molecule has 0 atom stereocenters. The van der Waals surface area contributed by atoms with E-state index in [1.54, 1.807) is 18.1 Å². The zero-order chi connectivity index (χ0) is 28.3. The van der Waals surface area contributed by atoms with Gasteiger partial charge in [0.1, 0.15) is 22.9 Å². The fourth-order valence-corrected chi connectivity index (χ4v) is 5.52. The lowest BCUT2D eigenvalue weighted by Crippen LogP contribution is -2.44. The molecule has 3 aromatic heterocycles. The molecule has 40 heavy (non-hydrogen) atoms. The predicted molar refractivity (Wildman–Crippen MR) is 148 cm³/mol. The van der Waals surface area contributed by atoms with Crippen LogP contribution in [-0.4, -0.2) is 48.8 Å². The Kier molecular flexibility index (Phi) is 6.19. The van der Waals surface area contributed by atoms with Gasteiger partial charge in [-0.25, -0.2) is 15.0 Å². The largest absolute Gasteiger partial charge is 0.341 e. The highest BCUT2D eigenvalue weighted by Crippen LogP contribution is 2.36. The molecule has 0 aliphatic carbocycles. The number of aryl methyl sites for hydroxylation is 3. The Morgan fingerprint density at radius 2 is 1.95 bits per heavy atom. The first-order chi connectivity index (χ1) is 19.0. The highest BCUT2D eigenvalue weighted by molar-refractivity contribution is 6.01. The summed E-state index contributed by atoms with van der Waals surface area (Å²) in [6.07, 6.45) is 6.63. The van der Waals surface area contributed by atoms with Crippen LogP contribution in [0.5, 0.6) is 0 Å². The van der Waals surface area contributed by atoms with E-state index in [9.17, 15) is 13.6 Å². The van der Waals surface area contributed by atoms with Crippen LogP contribution in [-0.2, 0) is 30.2 Å². The van der Waals surface area contributed by atoms with E-state index < -0.39 is 5.92 Å². The number of nitrogens with zero attached hydrogens (tertiary/aromatic N) is 8. The molecule has 0 bridgehead atoms. The summed E-state index contributed by atoms with van der Waals surface area (Å²) in [6, 6.07) is 6.18. The number of carbonyl (C=O) groups is 1. The van der Waals surface area contributed by atoms with E-state index in [-0.39, 0.29) is 24.2 Å². The van der Waals surface area contributed by atoms with Gasteiger partial charge in [0.2, 0.25) is 5.91 Å². The first-order valence-electron chi connectivity index (χ1n) is 13.5. The van der Waals surface area contributed by atoms with E-state index >= 15 is 0 Å². The SMILES string of the molecule is Cc1cnn(C(C)C)c1-c1ncc2c(n1)N(Cc1ccc3c(c1)CCCn1cc(C(C)(F)F)nc1-3)CC(=O)N2C. The van der Waals surface area contributed by atoms with Crippen LogP contribution in [0.4, 0.5) is 20.3 Å². The average molecular weight is 547 g/mol. The van der Waals surface area contributed by atoms with Crippen LogP contribution in [0.15, 0.2) is 36.8 Å². The lowest BCUT2D eigenvalue weighted by molar-refractivity contribution is -0.117. The second-order valence-electron chi connectivity index (χ2n) is 11.1. The fraction of sp³-hybridized carbons (Fsp3) is 0.414. The molecule has 2 aliphatic rings. The minimum Gasteiger partial charge on any atom is -0.341 e. The first kappa shape index (κ1) is 26.1. The number of hydrogen-bond acceptors (Lipinski definition) is 6. The number of hydrogen-bond donors (Lipinski definition) is 0. The van der Waals surface area contributed by atoms with Crippen molar-refractivity contribution in [2.45, 2.75) is 65.6 Å². The summed E-state index contributed by atoms with van der Waals surface area (Å²) in [6.45, 7) is 8.27. The smallest absolute Gasteiger partial charge is 0.288 e. The molecule has 4 aromatic rings. The summed E-state index contributed by atoms with van der Waals surface area (Å²) >= 11 is 0. The van der Waals surface area contributed by atoms with E-state index in [0.717, 1.165) is 47.7 Å². The van der Waals surface area contributed by atoms with E-state index in [2.05, 4.69) is 35.0 Å². The third-order valence-corrected chi connectivity index (χ3v) is 7.65. The van der Waals surface area contributed by atoms with Crippen LogP contribution in [0, 0.1) is 6.92 Å². The standard InChI is InChI=1S/C29H32F2N8O/c1-17(2)39-25(18(3)12-33-39)26-32-13-22-28(35-26)38(16-24(40)36(22)5)14-19-8-9-21-20(11-19)7-6-10-37-15-23(29(4,30)31)34-27(21)37/h8-9,11-13,15,17H,6-7,10,14,16H2,1-5H3. The molecule has 1 aromatic carbocycles. The molecule has 0 saturated heterocycles. The van der Waals surface area contributed by atoms with Crippen molar-refractivity contribution in [1.82, 2.24) is 29.3 Å². The van der Waals surface area contributed by atoms with Crippen LogP contribution in [0.25, 0.3) is 22.9 Å². The van der Waals surface area contributed by atoms with Gasteiger partial charge in [0.25, 0.3) is 5.92 Å². The summed E-state index contributed by atoms with van der Waals surface area (Å²) in [5.74, 6) is -1.22. The molecule has 2 aliphatic heterocycles. The number of halogens is 2. The third-order valence-electron chi connectivity index (χ3n) is 7.65. The zero-order valence-corrected chi connectivity index (χ0v) is 23.3. The maximum atomic E-state index is 14.0. The first-order valence-corrected chi connectivity index (χ1v) is 13.5. The Morgan fingerprint density at radius 3 is 2.70 bits per heavy atom. The van der Waals surface area contributed by atoms with E-state index in [4.69, 9.17) is 4.98 Å². The van der Waals surface area contributed by atoms with Crippen molar-refractivity contribution >= 4 is 17.4 Å². The quantitative estimate of drug-likeness (QED) is 0.345. The summed E-state index contributed by atoms with van der Waals surface area (Å²) in [5, 5.41) is 4.51. The molecule has 6 rings (SSSR count). The summed E-state index contributed by atoms with van der Waals surface area (Å²) in [4.78, 5) is 30.4. The molecule has 0 fully saturated rings. The topological polar surface area (TPSA) is 85.0 Å². The van der Waals surface area contributed by atoms with Gasteiger partial charge in [-0.3, -0.25) is 9.48 Å². The Bertz CT molecular complexity index is 1620. The third kappa shape index (κ3) is 4.43. The molecule has 0 spiro atoms. The Hall–Kier alpha value is -4.15. The van der Waals surface area contributed by atoms with E-state index in [0.29, 0.717) is 36.2 Å². The van der Waals surface area contributed by atoms with Crippen molar-refractivity contribution in [1.29, 1.82) is 0 Å². The lowest BCUT2D eigenvalue weighted by Gasteiger charge is -2.34. The number of likely N-dealkylation sites (N-methyl/N-ethyl adjacent to an activating group) is 1. The number of rotatable bonds is 5. The van der Waals surface area contributed by atoms with Gasteiger partial charge in [-0.15, -0.1) is 0 Å². The second kappa shape index (κ2) is 9.50. The van der Waals surface area contributed by atoms with E-state index in [1.807, 2.05) is 39.4 Å². The number of aromatic nitrogens is 6. The molecule has 0 radical (unpaired) electrons. The molecular formula is C29H32F2N8O. The molecule has 0 unspecified atom stereocenters. The van der Waals surface area contributed by atoms with Crippen molar-refractivity contribution in [3.8, 4) is 22.9 Å². The molecule has 0 saturated carbocycles. The van der Waals surface area contributed by atoms with Crippen LogP contribution in [0.2, 0.25) is 0 Å². The van der Waals surface area contributed by atoms with Crippen molar-refractivity contribution in [3.05, 3.63) is 59.2 Å². The molecule has 9 nitrogen and oxygen atoms in total. The molecule has 1 amide bonds. The predicted octanol–water partition coefficient (Wildman–Crippen LogP) is 5.13. The number of anilines is 2. The number of amides is 1. The molecular weight excluding hydrogens is 514 g/mol. The minimum atomic E-state index is -2.99. The molecule has 208 valence electrons. The van der Waals surface area contributed by atoms with Gasteiger partial charge < -0.3 is 14.4 Å². The van der Waals surface area contributed by atoms with Crippen molar-refractivity contribution in [3.63, 3.8) is 0 Å². The number of carbonyl (C=O) groups excluding carboxylic acids is 1. The van der Waals surface area contributed by atoms with E-state index in [1.165, 1.54) is 6.20 Å². The summed E-state index contributed by atoms with van der Waals surface area (Å²) in [5.41, 5.74) is 5.21. The average Bonchev–Trinajstić information content (AvgIpc) is 3.47. The van der Waals surface area contributed by atoms with Crippen molar-refractivity contribution < 1.29 is 13.6 Å². The number of benzene rings is 1. The van der Waals surface area contributed by atoms with Crippen LogP contribution < -0.4 is 9.80 Å². The van der Waals surface area contributed by atoms with Crippen molar-refractivity contribution in [2.24, 2.45) is 0 Å². The molecule has 11 heteroatoms. The lowest BCUT2D eigenvalue weighted by atomic mass is 10.00. The monoisotopic (exact) mass is 546 g/mol. The van der Waals surface area contributed by atoms with Gasteiger partial charge in [0.15, 0.2) is 11.6 Å². The number of alkyl halides is 2. The number of imidazole rings is 1. The fourth-order valence-electron chi connectivity index (χ4n) is 5.52. The number of fused-ring (bicyclic) bond motifs is 4. The van der Waals surface area contributed by atoms with Crippen LogP contribution in [0.3, 0.4) is 0 Å². The Balaban J connectivity index is 1.36. The maximum absolute atomic E-state index is 14.0. The Labute approximate surface area is 231 Å². The highest BCUT2D eigenvalue weighted by atomic mass is 19.3. The maximum Gasteiger partial charge on any atom is 0.288 e. The van der Waals surface area contributed by atoms with Gasteiger partial charge >= 0.3 is 0 Å². The van der Waals surface area contributed by atoms with Gasteiger partial charge in [-0.2, -0.15) is 13.9 Å². The van der Waals surface area contributed by atoms with Crippen LogP contribution in [0.1, 0.15) is 55.6 Å². The Morgan fingerprint density at radius 1 is 1.15 bits per heavy atom. The summed E-state index contributed by atoms with van der Waals surface area (Å²) < 4.78 is 31.7.